The fourth-order valence-corrected chi connectivity index (χ4v) is 6.63. The molecule has 0 spiro atoms. The summed E-state index contributed by atoms with van der Waals surface area (Å²) < 4.78 is 48.0. The Bertz CT molecular complexity index is 1480. The molecule has 0 aromatic heterocycles. The Balaban J connectivity index is 1.71. The number of nitrogens with one attached hydrogen (secondary N) is 1. The molecule has 0 saturated heterocycles. The molecule has 11 heteroatoms. The highest BCUT2D eigenvalue weighted by Crippen LogP contribution is 2.35. The van der Waals surface area contributed by atoms with Crippen molar-refractivity contribution in [3.63, 3.8) is 0 Å². The van der Waals surface area contributed by atoms with Crippen LogP contribution in [0.25, 0.3) is 0 Å². The number of amides is 2. The summed E-state index contributed by atoms with van der Waals surface area (Å²) >= 11 is 6.26. The van der Waals surface area contributed by atoms with Crippen molar-refractivity contribution >= 4 is 39.1 Å². The molecule has 1 atom stereocenters. The van der Waals surface area contributed by atoms with Crippen molar-refractivity contribution in [1.29, 1.82) is 0 Å². The average molecular weight is 616 g/mol. The van der Waals surface area contributed by atoms with E-state index >= 15 is 0 Å². The molecule has 1 aliphatic rings. The number of nitrogens with zero attached hydrogens (tertiary/aromatic N) is 2. The molecule has 3 aromatic rings. The van der Waals surface area contributed by atoms with Crippen molar-refractivity contribution in [2.24, 2.45) is 0 Å². The summed E-state index contributed by atoms with van der Waals surface area (Å²) in [5, 5.41) is 3.30. The zero-order valence-electron chi connectivity index (χ0n) is 23.6. The van der Waals surface area contributed by atoms with Crippen LogP contribution in [-0.2, 0) is 26.2 Å². The number of ether oxygens (including phenoxy) is 1. The summed E-state index contributed by atoms with van der Waals surface area (Å²) in [5.41, 5.74) is 0.656. The second-order valence-electron chi connectivity index (χ2n) is 10.3. The molecule has 3 aromatic carbocycles. The molecule has 0 aliphatic heterocycles. The number of carbonyl (C=O) groups is 2. The maximum Gasteiger partial charge on any atom is 0.264 e. The lowest BCUT2D eigenvalue weighted by Gasteiger charge is -2.33. The zero-order valence-corrected chi connectivity index (χ0v) is 25.2. The van der Waals surface area contributed by atoms with Gasteiger partial charge in [-0.25, -0.2) is 12.8 Å². The first-order chi connectivity index (χ1) is 20.1. The lowest BCUT2D eigenvalue weighted by Crippen LogP contribution is -2.53. The van der Waals surface area contributed by atoms with E-state index in [1.807, 2.05) is 0 Å². The number of anilines is 1. The van der Waals surface area contributed by atoms with Gasteiger partial charge >= 0.3 is 0 Å². The summed E-state index contributed by atoms with van der Waals surface area (Å²) in [4.78, 5) is 28.8. The van der Waals surface area contributed by atoms with Crippen LogP contribution >= 0.6 is 11.6 Å². The molecule has 0 bridgehead atoms. The summed E-state index contributed by atoms with van der Waals surface area (Å²) in [6, 6.07) is 16.9. The third kappa shape index (κ3) is 7.60. The second-order valence-corrected chi connectivity index (χ2v) is 12.6. The van der Waals surface area contributed by atoms with Gasteiger partial charge in [0.1, 0.15) is 24.2 Å². The maximum atomic E-state index is 14.1. The van der Waals surface area contributed by atoms with Gasteiger partial charge in [0.15, 0.2) is 0 Å². The molecule has 0 radical (unpaired) electrons. The minimum absolute atomic E-state index is 0.0159. The van der Waals surface area contributed by atoms with E-state index in [2.05, 4.69) is 5.32 Å². The van der Waals surface area contributed by atoms with E-state index in [1.165, 1.54) is 60.5 Å². The van der Waals surface area contributed by atoms with Crippen molar-refractivity contribution in [2.45, 2.75) is 62.6 Å². The monoisotopic (exact) mass is 615 g/mol. The van der Waals surface area contributed by atoms with Gasteiger partial charge in [-0.3, -0.25) is 13.9 Å². The number of rotatable bonds is 11. The van der Waals surface area contributed by atoms with Crippen LogP contribution in [0.4, 0.5) is 10.1 Å². The van der Waals surface area contributed by atoms with Gasteiger partial charge in [-0.1, -0.05) is 61.2 Å². The third-order valence-corrected chi connectivity index (χ3v) is 9.41. The fraction of sp³-hybridized carbons (Fsp3) is 0.355. The Morgan fingerprint density at radius 1 is 1.02 bits per heavy atom. The average Bonchev–Trinajstić information content (AvgIpc) is 3.00. The topological polar surface area (TPSA) is 96.0 Å². The molecule has 4 rings (SSSR count). The van der Waals surface area contributed by atoms with Crippen molar-refractivity contribution < 1.29 is 27.1 Å². The summed E-state index contributed by atoms with van der Waals surface area (Å²) in [7, 11) is -2.89. The van der Waals surface area contributed by atoms with Gasteiger partial charge in [0.25, 0.3) is 10.0 Å². The molecule has 42 heavy (non-hydrogen) atoms. The first-order valence-electron chi connectivity index (χ1n) is 13.9. The molecule has 1 aliphatic carbocycles. The molecule has 1 N–H and O–H groups in total. The fourth-order valence-electron chi connectivity index (χ4n) is 5.03. The molecule has 0 unspecified atom stereocenters. The van der Waals surface area contributed by atoms with Crippen LogP contribution in [0, 0.1) is 5.82 Å². The molecule has 8 nitrogen and oxygen atoms in total. The number of hydrogen-bond acceptors (Lipinski definition) is 5. The van der Waals surface area contributed by atoms with Crippen LogP contribution in [-0.4, -0.2) is 50.9 Å². The number of methoxy groups -OCH3 is 1. The Morgan fingerprint density at radius 3 is 2.33 bits per heavy atom. The summed E-state index contributed by atoms with van der Waals surface area (Å²) in [6.07, 6.45) is 4.89. The van der Waals surface area contributed by atoms with Gasteiger partial charge in [0, 0.05) is 17.6 Å². The number of sulfonamides is 1. The third-order valence-electron chi connectivity index (χ3n) is 7.40. The predicted molar refractivity (Wildman–Crippen MR) is 160 cm³/mol. The highest BCUT2D eigenvalue weighted by Gasteiger charge is 2.34. The van der Waals surface area contributed by atoms with Gasteiger partial charge in [-0.15, -0.1) is 0 Å². The van der Waals surface area contributed by atoms with E-state index in [0.717, 1.165) is 36.4 Å². The highest BCUT2D eigenvalue weighted by molar-refractivity contribution is 7.92. The number of halogens is 2. The standard InChI is InChI=1S/C31H35ClFN3O5S/c1-22(31(38)34-26-9-5-3-6-10-26)35(20-23-13-16-25(33)17-14-23)30(37)21-36(28-19-24(32)15-18-29(28)41-2)42(39,40)27-11-7-4-8-12-27/h4,7-8,11-19,22,26H,3,5-6,9-10,20-21H2,1-2H3,(H,34,38)/t22-/m0/s1. The van der Waals surface area contributed by atoms with Crippen LogP contribution in [0.3, 0.4) is 0 Å². The largest absolute Gasteiger partial charge is 0.495 e. The maximum absolute atomic E-state index is 14.1. The quantitative estimate of drug-likeness (QED) is 0.305. The Kier molecular flexibility index (Phi) is 10.5. The first-order valence-corrected chi connectivity index (χ1v) is 15.7. The zero-order chi connectivity index (χ0) is 30.3. The lowest BCUT2D eigenvalue weighted by atomic mass is 9.95. The van der Waals surface area contributed by atoms with Crippen molar-refractivity contribution in [1.82, 2.24) is 10.2 Å². The van der Waals surface area contributed by atoms with Gasteiger partial charge in [-0.05, 0) is 67.8 Å². The number of carbonyl (C=O) groups excluding carboxylic acids is 2. The van der Waals surface area contributed by atoms with E-state index in [0.29, 0.717) is 5.56 Å². The number of benzene rings is 3. The predicted octanol–water partition coefficient (Wildman–Crippen LogP) is 5.55. The summed E-state index contributed by atoms with van der Waals surface area (Å²) in [6.45, 7) is 0.927. The molecule has 1 saturated carbocycles. The number of hydrogen-bond donors (Lipinski definition) is 1. The van der Waals surface area contributed by atoms with Crippen LogP contribution < -0.4 is 14.4 Å². The lowest BCUT2D eigenvalue weighted by molar-refractivity contribution is -0.139. The van der Waals surface area contributed by atoms with E-state index in [9.17, 15) is 22.4 Å². The van der Waals surface area contributed by atoms with E-state index in [1.54, 1.807) is 31.2 Å². The van der Waals surface area contributed by atoms with Crippen LogP contribution in [0.15, 0.2) is 77.7 Å². The van der Waals surface area contributed by atoms with Crippen molar-refractivity contribution in [2.75, 3.05) is 18.0 Å². The van der Waals surface area contributed by atoms with Gasteiger partial charge in [-0.2, -0.15) is 0 Å². The SMILES string of the molecule is COc1ccc(Cl)cc1N(CC(=O)N(Cc1ccc(F)cc1)[C@@H](C)C(=O)NC1CCCCC1)S(=O)(=O)c1ccccc1. The second kappa shape index (κ2) is 14.0. The molecule has 2 amide bonds. The van der Waals surface area contributed by atoms with Gasteiger partial charge in [0.2, 0.25) is 11.8 Å². The van der Waals surface area contributed by atoms with E-state index in [-0.39, 0.29) is 39.8 Å². The summed E-state index contributed by atoms with van der Waals surface area (Å²) in [5.74, 6) is -1.21. The first kappa shape index (κ1) is 31.3. The molecular weight excluding hydrogens is 581 g/mol. The van der Waals surface area contributed by atoms with Crippen LogP contribution in [0.1, 0.15) is 44.6 Å². The van der Waals surface area contributed by atoms with Crippen molar-refractivity contribution in [3.05, 3.63) is 89.2 Å². The highest BCUT2D eigenvalue weighted by atomic mass is 35.5. The van der Waals surface area contributed by atoms with Crippen molar-refractivity contribution in [3.8, 4) is 5.75 Å². The smallest absolute Gasteiger partial charge is 0.264 e. The normalized spacial score (nSPS) is 14.6. The van der Waals surface area contributed by atoms with Gasteiger partial charge in [0.05, 0.1) is 17.7 Å². The Labute approximate surface area is 251 Å². The van der Waals surface area contributed by atoms with E-state index < -0.39 is 34.3 Å². The molecular formula is C31H35ClFN3O5S. The Hall–Kier alpha value is -3.63. The van der Waals surface area contributed by atoms with Gasteiger partial charge < -0.3 is 15.0 Å². The molecule has 1 fully saturated rings. The molecule has 224 valence electrons. The van der Waals surface area contributed by atoms with Crippen LogP contribution in [0.5, 0.6) is 5.75 Å². The minimum atomic E-state index is -4.28. The Morgan fingerprint density at radius 2 is 1.69 bits per heavy atom. The minimum Gasteiger partial charge on any atom is -0.495 e. The molecule has 0 heterocycles. The van der Waals surface area contributed by atoms with Crippen LogP contribution in [0.2, 0.25) is 5.02 Å². The van der Waals surface area contributed by atoms with E-state index in [4.69, 9.17) is 16.3 Å².